The van der Waals surface area contributed by atoms with Crippen molar-refractivity contribution in [1.82, 2.24) is 0 Å². The lowest BCUT2D eigenvalue weighted by atomic mass is 9.71. The molecule has 3 aliphatic rings. The van der Waals surface area contributed by atoms with Gasteiger partial charge in [0.15, 0.2) is 18.6 Å². The predicted molar refractivity (Wildman–Crippen MR) is 418 cm³/mol. The van der Waals surface area contributed by atoms with Crippen molar-refractivity contribution in [3.63, 3.8) is 0 Å². The molecule has 6 nitrogen and oxygen atoms in total. The second-order valence-electron chi connectivity index (χ2n) is 29.5. The Balaban J connectivity index is 0.000000135. The van der Waals surface area contributed by atoms with Crippen LogP contribution in [0, 0.1) is 67.3 Å². The molecule has 15 aromatic rings. The van der Waals surface area contributed by atoms with Crippen molar-refractivity contribution in [2.45, 2.75) is 177 Å². The third-order valence-corrected chi connectivity index (χ3v) is 22.0. The zero-order valence-electron chi connectivity index (χ0n) is 79.3. The molecule has 0 radical (unpaired) electrons. The number of fused-ring (bicyclic) bond motifs is 12. The van der Waals surface area contributed by atoms with E-state index in [2.05, 4.69) is 38.1 Å². The fraction of sp³-hybridized carbons (Fsp3) is 0.330. The Kier molecular flexibility index (Phi) is 11.6. The van der Waals surface area contributed by atoms with Crippen LogP contribution in [-0.4, -0.2) is 0 Å². The number of nitrogens with zero attached hydrogens (tertiary/aromatic N) is 3. The van der Waals surface area contributed by atoms with Gasteiger partial charge in [-0.05, 0) is 257 Å². The van der Waals surface area contributed by atoms with Crippen molar-refractivity contribution < 1.29 is 55.7 Å². The van der Waals surface area contributed by atoms with Crippen molar-refractivity contribution in [2.75, 3.05) is 0 Å². The highest BCUT2D eigenvalue weighted by Crippen LogP contribution is 2.47. The molecule has 100 heavy (non-hydrogen) atoms. The molecule has 0 unspecified atom stereocenters. The molecule has 6 heteroatoms. The Labute approximate surface area is 619 Å². The van der Waals surface area contributed by atoms with Crippen LogP contribution < -0.4 is 13.7 Å². The minimum atomic E-state index is -2.39. The summed E-state index contributed by atoms with van der Waals surface area (Å²) in [6, 6.07) is 45.4. The van der Waals surface area contributed by atoms with Crippen LogP contribution in [-0.2, 0) is 21.1 Å². The molecule has 504 valence electrons. The average Bonchev–Trinajstić information content (AvgIpc) is 1.62. The summed E-state index contributed by atoms with van der Waals surface area (Å²) in [6.45, 7) is -3.71. The number of benzene rings is 9. The molecule has 0 amide bonds. The van der Waals surface area contributed by atoms with Crippen LogP contribution in [0.25, 0.3) is 132 Å². The molecule has 0 spiro atoms. The molecule has 6 heterocycles. The van der Waals surface area contributed by atoms with Gasteiger partial charge in [0.05, 0.1) is 16.7 Å². The van der Waals surface area contributed by atoms with E-state index >= 15 is 0 Å². The first kappa shape index (κ1) is 45.4. The van der Waals surface area contributed by atoms with Gasteiger partial charge in [-0.3, -0.25) is 0 Å². The summed E-state index contributed by atoms with van der Waals surface area (Å²) < 4.78 is 197. The van der Waals surface area contributed by atoms with Crippen LogP contribution in [0.15, 0.2) is 177 Å². The van der Waals surface area contributed by atoms with Crippen LogP contribution in [0.1, 0.15) is 211 Å². The maximum Gasteiger partial charge on any atom is 0.256 e. The monoisotopic (exact) mass is 1340 g/mol. The minimum Gasteiger partial charge on any atom is -0.449 e. The first-order chi connectivity index (χ1) is 56.5. The second kappa shape index (κ2) is 25.7. The minimum absolute atomic E-state index is 0.196. The highest BCUT2D eigenvalue weighted by Gasteiger charge is 2.31. The van der Waals surface area contributed by atoms with E-state index in [0.29, 0.717) is 82.9 Å². The fourth-order valence-electron chi connectivity index (χ4n) is 16.5. The largest absolute Gasteiger partial charge is 0.449 e. The van der Waals surface area contributed by atoms with Crippen LogP contribution in [0.3, 0.4) is 0 Å². The number of hydrogen-bond donors (Lipinski definition) is 0. The van der Waals surface area contributed by atoms with Crippen LogP contribution in [0.2, 0.25) is 0 Å². The van der Waals surface area contributed by atoms with E-state index in [9.17, 15) is 1.37 Å². The molecule has 0 aliphatic heterocycles. The first-order valence-electron chi connectivity index (χ1n) is 45.8. The Bertz CT molecular complexity index is 6700. The lowest BCUT2D eigenvalue weighted by Crippen LogP contribution is -2.31. The lowest BCUT2D eigenvalue weighted by molar-refractivity contribution is -0.659. The van der Waals surface area contributed by atoms with Crippen molar-refractivity contribution in [1.29, 1.82) is 0 Å². The molecule has 0 atom stereocenters. The van der Waals surface area contributed by atoms with Crippen molar-refractivity contribution in [3.05, 3.63) is 231 Å². The standard InChI is InChI=1S/C33H36NO.C31H32NO.C30H30NO/c1-20-7-10-27(21(2)15-20)31-32-30(22(3)19-34(31)6)28-17-26-16-24(8-9-25(26)18-29(28)35-32)23-11-13-33(4,5)14-12-23;1-19-10-13-26(20(2)14-19)30-31-29(21(3)18-32(30)4)27-16-25-15-23(22-8-6-5-7-9-22)11-12-24(25)17-28(27)33-31;1-18-9-12-25(19(2)13-18)29-30-28(20(3)17-31(29)4)26-15-24-14-22(21-7-5-6-8-21)10-11-23(24)16-27(26)32-30/h7-10,15-19,23H,11-14H2,1-6H3;10-18,22H,5-9H2,1-4H3;9-17,21H,5-8H2,1-4H3/q3*+1/i1D3,3D3,23D;1D3,3D3,22D;1D3,3D3,21D. The Morgan fingerprint density at radius 3 is 0.980 bits per heavy atom. The number of aromatic nitrogens is 3. The van der Waals surface area contributed by atoms with Gasteiger partial charge in [-0.25, -0.2) is 0 Å². The molecular formula is C94H98N3O3+3. The van der Waals surface area contributed by atoms with E-state index in [1.807, 2.05) is 87.5 Å². The van der Waals surface area contributed by atoms with Crippen molar-refractivity contribution in [2.24, 2.45) is 26.6 Å². The van der Waals surface area contributed by atoms with Crippen LogP contribution in [0.4, 0.5) is 0 Å². The second-order valence-corrected chi connectivity index (χ2v) is 29.5. The Morgan fingerprint density at radius 1 is 0.350 bits per heavy atom. The summed E-state index contributed by atoms with van der Waals surface area (Å²) in [6.07, 6.45) is 17.3. The van der Waals surface area contributed by atoms with Gasteiger partial charge < -0.3 is 13.3 Å². The highest BCUT2D eigenvalue weighted by atomic mass is 16.3. The predicted octanol–water partition coefficient (Wildman–Crippen LogP) is 24.9. The molecule has 0 saturated heterocycles. The van der Waals surface area contributed by atoms with Gasteiger partial charge in [-0.15, -0.1) is 0 Å². The van der Waals surface area contributed by atoms with Crippen molar-refractivity contribution >= 4 is 98.1 Å². The zero-order chi connectivity index (χ0) is 86.9. The van der Waals surface area contributed by atoms with Gasteiger partial charge in [-0.2, -0.15) is 13.7 Å². The topological polar surface area (TPSA) is 51.1 Å². The Hall–Kier alpha value is -9.39. The van der Waals surface area contributed by atoms with Gasteiger partial charge in [0.2, 0.25) is 16.7 Å². The van der Waals surface area contributed by atoms with E-state index < -0.39 is 58.8 Å². The molecule has 18 rings (SSSR count). The van der Waals surface area contributed by atoms with E-state index in [1.54, 1.807) is 108 Å². The summed E-state index contributed by atoms with van der Waals surface area (Å²) in [7, 11) is 5.36. The molecule has 3 fully saturated rings. The van der Waals surface area contributed by atoms with Gasteiger partial charge >= 0.3 is 0 Å². The van der Waals surface area contributed by atoms with Gasteiger partial charge in [0.1, 0.15) is 37.9 Å². The molecule has 0 bridgehead atoms. The third-order valence-electron chi connectivity index (χ3n) is 22.0. The van der Waals surface area contributed by atoms with E-state index in [-0.39, 0.29) is 38.8 Å². The third kappa shape index (κ3) is 11.8. The summed E-state index contributed by atoms with van der Waals surface area (Å²) in [5, 5.41) is 9.48. The average molecular weight is 1340 g/mol. The highest BCUT2D eigenvalue weighted by molar-refractivity contribution is 6.16. The smallest absolute Gasteiger partial charge is 0.256 e. The summed E-state index contributed by atoms with van der Waals surface area (Å²) >= 11 is 0. The van der Waals surface area contributed by atoms with E-state index in [4.69, 9.17) is 40.7 Å². The summed E-state index contributed by atoms with van der Waals surface area (Å²) in [4.78, 5) is 0. The molecule has 9 aromatic carbocycles. The maximum atomic E-state index is 9.28. The van der Waals surface area contributed by atoms with Gasteiger partial charge in [0, 0.05) is 77.8 Å². The quantitative estimate of drug-likeness (QED) is 0.156. The van der Waals surface area contributed by atoms with E-state index in [1.165, 1.54) is 6.42 Å². The van der Waals surface area contributed by atoms with Crippen LogP contribution >= 0.6 is 0 Å². The van der Waals surface area contributed by atoms with Gasteiger partial charge in [-0.1, -0.05) is 154 Å². The number of furan rings is 3. The number of rotatable bonds is 6. The number of aryl methyl sites for hydroxylation is 12. The van der Waals surface area contributed by atoms with Crippen LogP contribution in [0.5, 0.6) is 0 Å². The molecule has 6 aromatic heterocycles. The lowest BCUT2D eigenvalue weighted by Gasteiger charge is -2.34. The van der Waals surface area contributed by atoms with Crippen molar-refractivity contribution in [3.8, 4) is 33.8 Å². The fourth-order valence-corrected chi connectivity index (χ4v) is 16.5. The Morgan fingerprint density at radius 2 is 0.670 bits per heavy atom. The first-order valence-corrected chi connectivity index (χ1v) is 35.3. The maximum absolute atomic E-state index is 9.28. The summed E-state index contributed by atoms with van der Waals surface area (Å²) in [5.41, 5.74) is 14.4. The number of hydrogen-bond acceptors (Lipinski definition) is 3. The SMILES string of the molecule is [2H]C([2H])([2H])c1ccc(-c2c3oc4cc5ccc(C6([2H])CCC(C)(C)CC6)cc5cc4c3c(C([2H])([2H])[2H])c[n+]2C)c(C)c1.[2H]C([2H])([2H])c1ccc(-c2c3oc4cc5ccc(C6([2H])CCCC6)cc5cc4c3c(C([2H])([2H])[2H])c[n+]2C)c(C)c1.[2H]C([2H])([2H])c1ccc(-c2c3oc4cc5ccc(C6([2H])CCCCC6)cc5cc4c3c(C([2H])([2H])[2H])c[n+]2C)c(C)c1. The molecule has 0 N–H and O–H groups in total. The number of pyridine rings is 3. The molecular weight excluding hydrogens is 1220 g/mol. The zero-order valence-corrected chi connectivity index (χ0v) is 58.3. The summed E-state index contributed by atoms with van der Waals surface area (Å²) in [5.74, 6) is -1.81. The molecule has 3 saturated carbocycles. The normalized spacial score (nSPS) is 20.3. The van der Waals surface area contributed by atoms with E-state index in [0.717, 1.165) is 159 Å². The van der Waals surface area contributed by atoms with Gasteiger partial charge in [0.25, 0.3) is 17.1 Å². The molecule has 3 aliphatic carbocycles.